The number of halogens is 2. The molecule has 1 aromatic heterocycles. The zero-order chi connectivity index (χ0) is 22.0. The van der Waals surface area contributed by atoms with Crippen LogP contribution in [0.5, 0.6) is 5.75 Å². The van der Waals surface area contributed by atoms with E-state index >= 15 is 4.39 Å². The molecule has 0 radical (unpaired) electrons. The third-order valence-electron chi connectivity index (χ3n) is 4.46. The van der Waals surface area contributed by atoms with Crippen molar-refractivity contribution in [2.75, 3.05) is 6.61 Å². The number of carbonyl (C=O) groups is 2. The van der Waals surface area contributed by atoms with Crippen LogP contribution in [0.25, 0.3) is 20.2 Å². The first-order valence-electron chi connectivity index (χ1n) is 9.23. The number of hydrogen-bond acceptors (Lipinski definition) is 5. The van der Waals surface area contributed by atoms with E-state index in [0.717, 1.165) is 11.3 Å². The molecule has 4 nitrogen and oxygen atoms in total. The first-order chi connectivity index (χ1) is 14.2. The Balaban J connectivity index is 1.87. The third kappa shape index (κ3) is 4.26. The zero-order valence-electron chi connectivity index (χ0n) is 16.6. The molecule has 0 saturated carbocycles. The molecule has 0 aliphatic carbocycles. The summed E-state index contributed by atoms with van der Waals surface area (Å²) in [7, 11) is 0. The van der Waals surface area contributed by atoms with E-state index in [9.17, 15) is 14.0 Å². The number of carbonyl (C=O) groups excluding carboxylic acids is 2. The lowest BCUT2D eigenvalue weighted by Crippen LogP contribution is -2.09. The molecule has 156 valence electrons. The van der Waals surface area contributed by atoms with Gasteiger partial charge in [0.05, 0.1) is 16.0 Å². The van der Waals surface area contributed by atoms with Crippen molar-refractivity contribution in [3.8, 4) is 5.75 Å². The van der Waals surface area contributed by atoms with Gasteiger partial charge < -0.3 is 9.47 Å². The van der Waals surface area contributed by atoms with E-state index in [1.54, 1.807) is 25.1 Å². The fourth-order valence-electron chi connectivity index (χ4n) is 2.87. The zero-order valence-corrected chi connectivity index (χ0v) is 17.5. The molecule has 3 aromatic rings. The number of ether oxygens (including phenoxy) is 2. The van der Waals surface area contributed by atoms with Crippen molar-refractivity contribution in [3.63, 3.8) is 0 Å². The minimum atomic E-state index is -0.727. The van der Waals surface area contributed by atoms with Crippen LogP contribution >= 0.6 is 11.3 Å². The summed E-state index contributed by atoms with van der Waals surface area (Å²) in [4.78, 5) is 23.1. The molecule has 0 bridgehead atoms. The largest absolute Gasteiger partial charge is 0.462 e. The molecule has 0 atom stereocenters. The Bertz CT molecular complexity index is 1190. The fraction of sp³-hybridized carbons (Fsp3) is 0.217. The SMILES string of the molecule is C=C(C)C(=O)OCCCc1ccc2c(sc3c(F)c(OC(=O)C(=C)C)ccc32)c1F. The van der Waals surface area contributed by atoms with Crippen molar-refractivity contribution in [2.24, 2.45) is 0 Å². The quantitative estimate of drug-likeness (QED) is 0.204. The smallest absolute Gasteiger partial charge is 0.338 e. The summed E-state index contributed by atoms with van der Waals surface area (Å²) in [6, 6.07) is 6.35. The van der Waals surface area contributed by atoms with Gasteiger partial charge in [0.2, 0.25) is 0 Å². The molecule has 1 heterocycles. The van der Waals surface area contributed by atoms with Gasteiger partial charge in [-0.25, -0.2) is 18.4 Å². The van der Waals surface area contributed by atoms with Crippen molar-refractivity contribution < 1.29 is 27.8 Å². The van der Waals surface area contributed by atoms with Gasteiger partial charge in [-0.05, 0) is 44.4 Å². The van der Waals surface area contributed by atoms with Gasteiger partial charge in [-0.3, -0.25) is 0 Å². The molecule has 0 aliphatic rings. The highest BCUT2D eigenvalue weighted by molar-refractivity contribution is 7.25. The average molecular weight is 430 g/mol. The van der Waals surface area contributed by atoms with E-state index in [1.165, 1.54) is 13.0 Å². The molecule has 0 saturated heterocycles. The van der Waals surface area contributed by atoms with Gasteiger partial charge in [0.1, 0.15) is 5.82 Å². The van der Waals surface area contributed by atoms with Gasteiger partial charge >= 0.3 is 11.9 Å². The molecule has 0 amide bonds. The maximum absolute atomic E-state index is 15.0. The van der Waals surface area contributed by atoms with Gasteiger partial charge in [0.15, 0.2) is 11.6 Å². The summed E-state index contributed by atoms with van der Waals surface area (Å²) in [5.41, 5.74) is 0.911. The minimum absolute atomic E-state index is 0.149. The van der Waals surface area contributed by atoms with Crippen LogP contribution in [0.4, 0.5) is 8.78 Å². The molecular formula is C23H20F2O4S. The topological polar surface area (TPSA) is 52.6 Å². The van der Waals surface area contributed by atoms with E-state index in [-0.39, 0.29) is 22.6 Å². The predicted octanol–water partition coefficient (Wildman–Crippen LogP) is 5.87. The summed E-state index contributed by atoms with van der Waals surface area (Å²) < 4.78 is 40.5. The highest BCUT2D eigenvalue weighted by atomic mass is 32.1. The Morgan fingerprint density at radius 1 is 0.933 bits per heavy atom. The third-order valence-corrected chi connectivity index (χ3v) is 5.66. The lowest BCUT2D eigenvalue weighted by atomic mass is 10.1. The Morgan fingerprint density at radius 3 is 2.17 bits per heavy atom. The van der Waals surface area contributed by atoms with Crippen LogP contribution in [0.1, 0.15) is 25.8 Å². The molecule has 0 aliphatic heterocycles. The van der Waals surface area contributed by atoms with Crippen molar-refractivity contribution in [2.45, 2.75) is 26.7 Å². The van der Waals surface area contributed by atoms with Crippen molar-refractivity contribution in [3.05, 3.63) is 65.8 Å². The Hall–Kier alpha value is -3.06. The molecule has 0 unspecified atom stereocenters. The number of fused-ring (bicyclic) bond motifs is 3. The van der Waals surface area contributed by atoms with Gasteiger partial charge in [-0.1, -0.05) is 25.3 Å². The first kappa shape index (κ1) is 21.6. The highest BCUT2D eigenvalue weighted by Crippen LogP contribution is 2.40. The number of esters is 2. The minimum Gasteiger partial charge on any atom is -0.462 e. The van der Waals surface area contributed by atoms with E-state index < -0.39 is 23.6 Å². The predicted molar refractivity (Wildman–Crippen MR) is 114 cm³/mol. The van der Waals surface area contributed by atoms with Crippen LogP contribution < -0.4 is 4.74 Å². The monoisotopic (exact) mass is 430 g/mol. The summed E-state index contributed by atoms with van der Waals surface area (Å²) >= 11 is 0.966. The van der Waals surface area contributed by atoms with Crippen LogP contribution in [0, 0.1) is 11.6 Å². The van der Waals surface area contributed by atoms with Gasteiger partial charge in [-0.15, -0.1) is 11.3 Å². The van der Waals surface area contributed by atoms with E-state index in [1.807, 2.05) is 0 Å². The van der Waals surface area contributed by atoms with E-state index in [4.69, 9.17) is 9.47 Å². The lowest BCUT2D eigenvalue weighted by molar-refractivity contribution is -0.139. The van der Waals surface area contributed by atoms with Crippen LogP contribution in [0.2, 0.25) is 0 Å². The molecule has 30 heavy (non-hydrogen) atoms. The Morgan fingerprint density at radius 2 is 1.53 bits per heavy atom. The fourth-order valence-corrected chi connectivity index (χ4v) is 4.06. The molecule has 0 fully saturated rings. The Kier molecular flexibility index (Phi) is 6.31. The second-order valence-corrected chi connectivity index (χ2v) is 7.98. The Labute approximate surface area is 176 Å². The average Bonchev–Trinajstić information content (AvgIpc) is 3.08. The van der Waals surface area contributed by atoms with Crippen LogP contribution in [0.15, 0.2) is 48.6 Å². The van der Waals surface area contributed by atoms with Crippen LogP contribution in [-0.4, -0.2) is 18.5 Å². The molecule has 0 spiro atoms. The maximum Gasteiger partial charge on any atom is 0.338 e. The number of thiophene rings is 1. The van der Waals surface area contributed by atoms with E-state index in [0.29, 0.717) is 39.5 Å². The number of rotatable bonds is 7. The van der Waals surface area contributed by atoms with Crippen LogP contribution in [0.3, 0.4) is 0 Å². The highest BCUT2D eigenvalue weighted by Gasteiger charge is 2.19. The van der Waals surface area contributed by atoms with Crippen molar-refractivity contribution >= 4 is 43.4 Å². The maximum atomic E-state index is 15.0. The van der Waals surface area contributed by atoms with Crippen molar-refractivity contribution in [1.82, 2.24) is 0 Å². The lowest BCUT2D eigenvalue weighted by Gasteiger charge is -2.06. The molecule has 2 aromatic carbocycles. The first-order valence-corrected chi connectivity index (χ1v) is 10.0. The molecular weight excluding hydrogens is 410 g/mol. The summed E-state index contributed by atoms with van der Waals surface area (Å²) in [5, 5.41) is 1.13. The van der Waals surface area contributed by atoms with E-state index in [2.05, 4.69) is 13.2 Å². The standard InChI is InChI=1S/C23H20F2O4S/c1-12(2)22(26)28-11-5-6-14-7-8-15-16-9-10-17(29-23(27)13(3)4)19(25)21(16)30-20(15)18(14)24/h7-10H,1,3,5-6,11H2,2,4H3. The van der Waals surface area contributed by atoms with Gasteiger partial charge in [0.25, 0.3) is 0 Å². The summed E-state index contributed by atoms with van der Waals surface area (Å²) in [6.07, 6.45) is 0.811. The normalized spacial score (nSPS) is 10.9. The number of benzene rings is 2. The number of aryl methyl sites for hydroxylation is 1. The van der Waals surface area contributed by atoms with Gasteiger partial charge in [0, 0.05) is 21.9 Å². The molecule has 7 heteroatoms. The van der Waals surface area contributed by atoms with Crippen LogP contribution in [-0.2, 0) is 20.7 Å². The van der Waals surface area contributed by atoms with Crippen molar-refractivity contribution in [1.29, 1.82) is 0 Å². The summed E-state index contributed by atoms with van der Waals surface area (Å²) in [5.74, 6) is -2.57. The molecule has 0 N–H and O–H groups in total. The van der Waals surface area contributed by atoms with Gasteiger partial charge in [-0.2, -0.15) is 0 Å². The molecule has 3 rings (SSSR count). The second-order valence-electron chi connectivity index (χ2n) is 6.96. The summed E-state index contributed by atoms with van der Waals surface area (Å²) in [6.45, 7) is 10.2. The second kappa shape index (κ2) is 8.75. The number of hydrogen-bond donors (Lipinski definition) is 0.